The van der Waals surface area contributed by atoms with E-state index in [2.05, 4.69) is 20.0 Å². The predicted molar refractivity (Wildman–Crippen MR) is 85.2 cm³/mol. The molecule has 22 heavy (non-hydrogen) atoms. The summed E-state index contributed by atoms with van der Waals surface area (Å²) in [5.74, 6) is 1.38. The van der Waals surface area contributed by atoms with E-state index in [4.69, 9.17) is 4.74 Å². The molecule has 0 spiro atoms. The zero-order valence-electron chi connectivity index (χ0n) is 11.7. The van der Waals surface area contributed by atoms with Crippen molar-refractivity contribution in [2.24, 2.45) is 9.98 Å². The minimum absolute atomic E-state index is 0.395. The number of hydrogen-bond acceptors (Lipinski definition) is 5. The minimum atomic E-state index is 0.395. The topological polar surface area (TPSA) is 59.7 Å². The van der Waals surface area contributed by atoms with Crippen molar-refractivity contribution in [2.75, 3.05) is 6.61 Å². The molecule has 4 rings (SSSR count). The third-order valence-electron chi connectivity index (χ3n) is 3.27. The van der Waals surface area contributed by atoms with Gasteiger partial charge in [0.05, 0.1) is 11.4 Å². The highest BCUT2D eigenvalue weighted by atomic mass is 16.5. The quantitative estimate of drug-likeness (QED) is 0.743. The van der Waals surface area contributed by atoms with Crippen molar-refractivity contribution in [3.63, 3.8) is 0 Å². The summed E-state index contributed by atoms with van der Waals surface area (Å²) in [5.41, 5.74) is 1.99. The van der Waals surface area contributed by atoms with Gasteiger partial charge in [-0.3, -0.25) is 0 Å². The van der Waals surface area contributed by atoms with Crippen molar-refractivity contribution in [1.82, 2.24) is 9.97 Å². The molecule has 1 aromatic heterocycles. The molecular weight excluding hydrogens is 276 g/mol. The summed E-state index contributed by atoms with van der Waals surface area (Å²) < 4.78 is 5.63. The fourth-order valence-corrected chi connectivity index (χ4v) is 2.27. The normalized spacial score (nSPS) is 14.7. The number of allylic oxidation sites excluding steroid dienone is 2. The minimum Gasteiger partial charge on any atom is -0.489 e. The molecule has 1 aromatic carbocycles. The molecule has 1 aliphatic heterocycles. The van der Waals surface area contributed by atoms with Gasteiger partial charge in [0, 0.05) is 17.5 Å². The number of rotatable bonds is 0. The Kier molecular flexibility index (Phi) is 3.08. The van der Waals surface area contributed by atoms with E-state index in [1.54, 1.807) is 6.21 Å². The van der Waals surface area contributed by atoms with Crippen molar-refractivity contribution in [3.05, 3.63) is 59.0 Å². The molecule has 1 aliphatic carbocycles. The molecule has 0 N–H and O–H groups in total. The van der Waals surface area contributed by atoms with Crippen molar-refractivity contribution in [1.29, 1.82) is 0 Å². The number of nitrogens with zero attached hydrogens (tertiary/aromatic N) is 4. The van der Waals surface area contributed by atoms with Crippen molar-refractivity contribution in [2.45, 2.75) is 0 Å². The predicted octanol–water partition coefficient (Wildman–Crippen LogP) is 1.89. The number of hydrogen-bond donors (Lipinski definition) is 0. The van der Waals surface area contributed by atoms with E-state index < -0.39 is 0 Å². The lowest BCUT2D eigenvalue weighted by molar-refractivity contribution is 0.363. The third-order valence-corrected chi connectivity index (χ3v) is 3.27. The lowest BCUT2D eigenvalue weighted by atomic mass is 10.3. The molecule has 0 saturated heterocycles. The monoisotopic (exact) mass is 288 g/mol. The average Bonchev–Trinajstić information content (AvgIpc) is 2.99. The van der Waals surface area contributed by atoms with Crippen LogP contribution in [-0.4, -0.2) is 22.8 Å². The van der Waals surface area contributed by atoms with Crippen LogP contribution in [0, 0.1) is 0 Å². The molecule has 0 atom stereocenters. The molecule has 5 heteroatoms. The molecule has 0 fully saturated rings. The molecule has 106 valence electrons. The molecular formula is C17H12N4O. The summed E-state index contributed by atoms with van der Waals surface area (Å²) in [4.78, 5) is 17.8. The van der Waals surface area contributed by atoms with Gasteiger partial charge in [-0.1, -0.05) is 12.1 Å². The van der Waals surface area contributed by atoms with Gasteiger partial charge in [0.1, 0.15) is 12.4 Å². The van der Waals surface area contributed by atoms with Crippen molar-refractivity contribution >= 4 is 29.9 Å². The number of aromatic nitrogens is 2. The van der Waals surface area contributed by atoms with Crippen LogP contribution in [0.1, 0.15) is 5.69 Å². The van der Waals surface area contributed by atoms with Crippen LogP contribution in [0.5, 0.6) is 5.75 Å². The Morgan fingerprint density at radius 3 is 3.09 bits per heavy atom. The van der Waals surface area contributed by atoms with Crippen molar-refractivity contribution < 1.29 is 4.74 Å². The first-order valence-corrected chi connectivity index (χ1v) is 6.96. The molecule has 0 unspecified atom stereocenters. The van der Waals surface area contributed by atoms with E-state index in [0.717, 1.165) is 22.3 Å². The standard InChI is InChI=1S/C17H12N4O/c1-2-10-22-13-6-3-5-12(11-13)19-17-20-15-8-4-7-14(15)16(21-17)18-9-1/h1-9,11H,10H2. The molecule has 2 aliphatic rings. The van der Waals surface area contributed by atoms with Crippen LogP contribution in [0.3, 0.4) is 0 Å². The van der Waals surface area contributed by atoms with Crippen LogP contribution >= 0.6 is 0 Å². The Morgan fingerprint density at radius 1 is 1.09 bits per heavy atom. The largest absolute Gasteiger partial charge is 0.489 e. The smallest absolute Gasteiger partial charge is 0.252 e. The first-order valence-electron chi connectivity index (χ1n) is 6.96. The fourth-order valence-electron chi connectivity index (χ4n) is 2.27. The van der Waals surface area contributed by atoms with E-state index in [1.165, 1.54) is 0 Å². The SMILES string of the molecule is C1=CCOc2cccc(c2)N=c2nc3c(c(n2)N=C1)=CC=C3. The fraction of sp³-hybridized carbons (Fsp3) is 0.0588. The first-order chi connectivity index (χ1) is 10.9. The molecule has 0 radical (unpaired) electrons. The van der Waals surface area contributed by atoms with E-state index in [9.17, 15) is 0 Å². The first kappa shape index (κ1) is 12.6. The van der Waals surface area contributed by atoms with E-state index >= 15 is 0 Å². The zero-order valence-corrected chi connectivity index (χ0v) is 11.7. The van der Waals surface area contributed by atoms with Gasteiger partial charge in [-0.2, -0.15) is 4.98 Å². The van der Waals surface area contributed by atoms with Crippen LogP contribution < -0.4 is 15.6 Å². The summed E-state index contributed by atoms with van der Waals surface area (Å²) in [7, 11) is 0. The second-order valence-electron chi connectivity index (χ2n) is 4.80. The number of ether oxygens (including phenoxy) is 1. The molecule has 0 amide bonds. The Labute approximate surface area is 126 Å². The van der Waals surface area contributed by atoms with Gasteiger partial charge >= 0.3 is 0 Å². The van der Waals surface area contributed by atoms with Crippen LogP contribution in [0.15, 0.2) is 52.5 Å². The zero-order chi connectivity index (χ0) is 14.8. The highest BCUT2D eigenvalue weighted by Gasteiger charge is 2.06. The summed E-state index contributed by atoms with van der Waals surface area (Å²) in [5, 5.41) is 0.920. The van der Waals surface area contributed by atoms with E-state index in [1.807, 2.05) is 54.6 Å². The Bertz CT molecular complexity index is 942. The highest BCUT2D eigenvalue weighted by Crippen LogP contribution is 2.19. The Balaban J connectivity index is 1.96. The van der Waals surface area contributed by atoms with Gasteiger partial charge in [-0.15, -0.1) is 0 Å². The third kappa shape index (κ3) is 2.44. The summed E-state index contributed by atoms with van der Waals surface area (Å²) in [6.07, 6.45) is 11.3. The number of benzene rings is 1. The van der Waals surface area contributed by atoms with Gasteiger partial charge in [-0.05, 0) is 36.4 Å². The number of fused-ring (bicyclic) bond motifs is 6. The van der Waals surface area contributed by atoms with Gasteiger partial charge in [0.15, 0.2) is 5.82 Å². The molecule has 2 heterocycles. The summed E-state index contributed by atoms with van der Waals surface area (Å²) in [6, 6.07) is 7.55. The second kappa shape index (κ2) is 5.37. The van der Waals surface area contributed by atoms with E-state index in [-0.39, 0.29) is 0 Å². The lowest BCUT2D eigenvalue weighted by Gasteiger charge is -2.03. The average molecular weight is 288 g/mol. The lowest BCUT2D eigenvalue weighted by Crippen LogP contribution is -2.21. The van der Waals surface area contributed by atoms with Gasteiger partial charge < -0.3 is 4.74 Å². The maximum atomic E-state index is 5.63. The van der Waals surface area contributed by atoms with Crippen LogP contribution in [0.2, 0.25) is 0 Å². The molecule has 4 bridgehead atoms. The highest BCUT2D eigenvalue weighted by molar-refractivity contribution is 5.75. The Hall–Kier alpha value is -3.08. The van der Waals surface area contributed by atoms with E-state index in [0.29, 0.717) is 18.0 Å². The van der Waals surface area contributed by atoms with Crippen LogP contribution in [-0.2, 0) is 0 Å². The van der Waals surface area contributed by atoms with Gasteiger partial charge in [-0.25, -0.2) is 15.0 Å². The van der Waals surface area contributed by atoms with Crippen LogP contribution in [0.4, 0.5) is 11.5 Å². The Morgan fingerprint density at radius 2 is 2.09 bits per heavy atom. The second-order valence-corrected chi connectivity index (χ2v) is 4.80. The number of aliphatic imine (C=N–C) groups is 1. The molecule has 2 aromatic rings. The van der Waals surface area contributed by atoms with Crippen molar-refractivity contribution in [3.8, 4) is 5.75 Å². The van der Waals surface area contributed by atoms with Crippen LogP contribution in [0.25, 0.3) is 12.2 Å². The maximum Gasteiger partial charge on any atom is 0.252 e. The maximum absolute atomic E-state index is 5.63. The van der Waals surface area contributed by atoms with Gasteiger partial charge in [0.25, 0.3) is 5.62 Å². The summed E-state index contributed by atoms with van der Waals surface area (Å²) >= 11 is 0. The summed E-state index contributed by atoms with van der Waals surface area (Å²) in [6.45, 7) is 0.477. The molecule has 5 nitrogen and oxygen atoms in total. The van der Waals surface area contributed by atoms with Gasteiger partial charge in [0.2, 0.25) is 0 Å². The molecule has 0 saturated carbocycles.